The number of nitrogens with one attached hydrogen (secondary N) is 1. The molecule has 0 aliphatic heterocycles. The number of amides is 1. The number of aryl methyl sites for hydroxylation is 2. The van der Waals surface area contributed by atoms with Crippen molar-refractivity contribution in [1.82, 2.24) is 29.1 Å². The molecule has 1 aromatic carbocycles. The fraction of sp³-hybridized carbons (Fsp3) is 0.182. The molecule has 9 heteroatoms. The average Bonchev–Trinajstić information content (AvgIpc) is 3.48. The van der Waals surface area contributed by atoms with E-state index in [0.717, 1.165) is 27.1 Å². The number of aromatic nitrogens is 5. The summed E-state index contributed by atoms with van der Waals surface area (Å²) >= 11 is 0. The van der Waals surface area contributed by atoms with Gasteiger partial charge < -0.3 is 9.73 Å². The summed E-state index contributed by atoms with van der Waals surface area (Å²) in [5, 5.41) is 11.8. The number of hydrogen-bond acceptors (Lipinski definition) is 5. The van der Waals surface area contributed by atoms with Gasteiger partial charge in [-0.1, -0.05) is 17.7 Å². The Morgan fingerprint density at radius 2 is 2.00 bits per heavy atom. The fourth-order valence-electron chi connectivity index (χ4n) is 3.57. The highest BCUT2D eigenvalue weighted by molar-refractivity contribution is 5.78. The highest BCUT2D eigenvalue weighted by Crippen LogP contribution is 2.25. The van der Waals surface area contributed by atoms with Crippen molar-refractivity contribution < 1.29 is 9.21 Å². The van der Waals surface area contributed by atoms with Crippen LogP contribution in [0.5, 0.6) is 0 Å². The summed E-state index contributed by atoms with van der Waals surface area (Å²) in [4.78, 5) is 25.0. The third-order valence-electron chi connectivity index (χ3n) is 5.19. The van der Waals surface area contributed by atoms with Gasteiger partial charge in [0.1, 0.15) is 17.8 Å². The Morgan fingerprint density at radius 3 is 2.81 bits per heavy atom. The molecule has 1 amide bonds. The normalized spacial score (nSPS) is 11.4. The minimum absolute atomic E-state index is 0.189. The van der Waals surface area contributed by atoms with Crippen LogP contribution >= 0.6 is 0 Å². The van der Waals surface area contributed by atoms with Gasteiger partial charge in [0.25, 0.3) is 0 Å². The lowest BCUT2D eigenvalue weighted by Crippen LogP contribution is -2.32. The minimum Gasteiger partial charge on any atom is -0.467 e. The molecular weight excluding hydrogens is 396 g/mol. The van der Waals surface area contributed by atoms with Crippen molar-refractivity contribution in [1.29, 1.82) is 0 Å². The molecule has 1 N–H and O–H groups in total. The van der Waals surface area contributed by atoms with E-state index in [-0.39, 0.29) is 24.7 Å². The third kappa shape index (κ3) is 3.39. The molecule has 4 heterocycles. The van der Waals surface area contributed by atoms with Gasteiger partial charge in [0, 0.05) is 18.0 Å². The molecule has 156 valence electrons. The molecule has 0 radical (unpaired) electrons. The Hall–Kier alpha value is -4.14. The molecule has 0 aliphatic carbocycles. The first-order chi connectivity index (χ1) is 15.0. The number of benzene rings is 1. The van der Waals surface area contributed by atoms with Crippen molar-refractivity contribution in [2.24, 2.45) is 0 Å². The van der Waals surface area contributed by atoms with E-state index in [4.69, 9.17) is 4.42 Å². The van der Waals surface area contributed by atoms with E-state index in [1.54, 1.807) is 29.0 Å². The van der Waals surface area contributed by atoms with Crippen LogP contribution in [0.2, 0.25) is 0 Å². The van der Waals surface area contributed by atoms with Gasteiger partial charge in [0.2, 0.25) is 5.91 Å². The van der Waals surface area contributed by atoms with E-state index in [9.17, 15) is 9.59 Å². The highest BCUT2D eigenvalue weighted by atomic mass is 16.3. The number of carbonyl (C=O) groups excluding carboxylic acids is 1. The first-order valence-electron chi connectivity index (χ1n) is 9.84. The quantitative estimate of drug-likeness (QED) is 0.474. The maximum absolute atomic E-state index is 12.8. The van der Waals surface area contributed by atoms with Crippen LogP contribution in [0, 0.1) is 13.8 Å². The van der Waals surface area contributed by atoms with E-state index >= 15 is 0 Å². The van der Waals surface area contributed by atoms with E-state index in [2.05, 4.69) is 33.7 Å². The Morgan fingerprint density at radius 1 is 1.13 bits per heavy atom. The highest BCUT2D eigenvalue weighted by Gasteiger charge is 2.16. The Balaban J connectivity index is 1.49. The topological polar surface area (TPSA) is 98.8 Å². The van der Waals surface area contributed by atoms with Gasteiger partial charge >= 0.3 is 5.69 Å². The van der Waals surface area contributed by atoms with Crippen molar-refractivity contribution in [3.63, 3.8) is 0 Å². The van der Waals surface area contributed by atoms with Crippen LogP contribution in [0.25, 0.3) is 22.4 Å². The largest absolute Gasteiger partial charge is 0.467 e. The summed E-state index contributed by atoms with van der Waals surface area (Å²) in [5.74, 6) is 0.304. The summed E-state index contributed by atoms with van der Waals surface area (Å²) in [6.07, 6.45) is 4.85. The molecule has 0 atom stereocenters. The maximum atomic E-state index is 12.8. The molecule has 0 unspecified atom stereocenters. The van der Waals surface area contributed by atoms with Gasteiger partial charge in [0.05, 0.1) is 18.5 Å². The van der Waals surface area contributed by atoms with Crippen LogP contribution in [0.4, 0.5) is 0 Å². The number of carbonyl (C=O) groups is 1. The molecule has 5 rings (SSSR count). The van der Waals surface area contributed by atoms with Crippen molar-refractivity contribution in [3.05, 3.63) is 82.4 Å². The van der Waals surface area contributed by atoms with Crippen LogP contribution in [0.1, 0.15) is 16.9 Å². The second-order valence-corrected chi connectivity index (χ2v) is 7.47. The van der Waals surface area contributed by atoms with Gasteiger partial charge in [-0.2, -0.15) is 5.10 Å². The zero-order valence-electron chi connectivity index (χ0n) is 17.1. The van der Waals surface area contributed by atoms with E-state index in [0.29, 0.717) is 16.9 Å². The third-order valence-corrected chi connectivity index (χ3v) is 5.19. The van der Waals surface area contributed by atoms with Gasteiger partial charge in [-0.15, -0.1) is 5.10 Å². The van der Waals surface area contributed by atoms with Crippen molar-refractivity contribution >= 4 is 17.1 Å². The van der Waals surface area contributed by atoms with E-state index in [1.165, 1.54) is 10.7 Å². The molecule has 0 bridgehead atoms. The van der Waals surface area contributed by atoms with Gasteiger partial charge in [-0.05, 0) is 43.7 Å². The number of furan rings is 1. The molecule has 0 saturated carbocycles. The number of fused-ring (bicyclic) bond motifs is 3. The van der Waals surface area contributed by atoms with Crippen LogP contribution in [-0.2, 0) is 17.9 Å². The monoisotopic (exact) mass is 416 g/mol. The second kappa shape index (κ2) is 7.28. The van der Waals surface area contributed by atoms with Crippen LogP contribution in [-0.4, -0.2) is 29.7 Å². The number of rotatable bonds is 5. The molecule has 0 saturated heterocycles. The Labute approximate surface area is 176 Å². The molecule has 5 aromatic rings. The maximum Gasteiger partial charge on any atom is 0.350 e. The average molecular weight is 416 g/mol. The van der Waals surface area contributed by atoms with E-state index in [1.807, 2.05) is 19.9 Å². The molecule has 4 aromatic heterocycles. The lowest BCUT2D eigenvalue weighted by Gasteiger charge is -2.03. The van der Waals surface area contributed by atoms with Crippen LogP contribution in [0.3, 0.4) is 0 Å². The van der Waals surface area contributed by atoms with Crippen molar-refractivity contribution in [2.45, 2.75) is 26.9 Å². The van der Waals surface area contributed by atoms with Crippen LogP contribution in [0.15, 0.2) is 64.3 Å². The lowest BCUT2D eigenvalue weighted by atomic mass is 10.0. The molecule has 9 nitrogen and oxygen atoms in total. The van der Waals surface area contributed by atoms with Crippen LogP contribution < -0.4 is 11.0 Å². The van der Waals surface area contributed by atoms with Crippen molar-refractivity contribution in [2.75, 3.05) is 0 Å². The summed E-state index contributed by atoms with van der Waals surface area (Å²) < 4.78 is 9.46. The smallest absolute Gasteiger partial charge is 0.350 e. The van der Waals surface area contributed by atoms with Gasteiger partial charge in [0.15, 0.2) is 5.65 Å². The summed E-state index contributed by atoms with van der Waals surface area (Å²) in [7, 11) is 0. The Kier molecular flexibility index (Phi) is 4.43. The molecule has 0 aliphatic rings. The van der Waals surface area contributed by atoms with Gasteiger partial charge in [-0.3, -0.25) is 4.79 Å². The molecule has 0 spiro atoms. The standard InChI is InChI=1S/C22H20N6O3/c1-14-5-6-15(2)17(10-14)18-11-19-21-25-28(22(30)26(21)7-8-27(19)24-18)13-20(29)23-12-16-4-3-9-31-16/h3-11H,12-13H2,1-2H3,(H,23,29). The van der Waals surface area contributed by atoms with E-state index < -0.39 is 0 Å². The molecule has 31 heavy (non-hydrogen) atoms. The predicted molar refractivity (Wildman–Crippen MR) is 114 cm³/mol. The number of nitrogens with zero attached hydrogens (tertiary/aromatic N) is 5. The fourth-order valence-corrected chi connectivity index (χ4v) is 3.57. The number of hydrogen-bond donors (Lipinski definition) is 1. The molecular formula is C22H20N6O3. The zero-order valence-corrected chi connectivity index (χ0v) is 17.1. The first kappa shape index (κ1) is 18.9. The van der Waals surface area contributed by atoms with Crippen molar-refractivity contribution in [3.8, 4) is 11.3 Å². The zero-order chi connectivity index (χ0) is 21.5. The summed E-state index contributed by atoms with van der Waals surface area (Å²) in [6, 6.07) is 11.6. The first-order valence-corrected chi connectivity index (χ1v) is 9.84. The SMILES string of the molecule is Cc1ccc(C)c(-c2cc3c4nn(CC(=O)NCc5ccco5)c(=O)n4ccn3n2)c1. The second-order valence-electron chi connectivity index (χ2n) is 7.47. The Bertz CT molecular complexity index is 1470. The lowest BCUT2D eigenvalue weighted by molar-refractivity contribution is -0.122. The molecule has 0 fully saturated rings. The summed E-state index contributed by atoms with van der Waals surface area (Å²) in [5.41, 5.74) is 4.82. The van der Waals surface area contributed by atoms with Gasteiger partial charge in [-0.25, -0.2) is 18.4 Å². The predicted octanol–water partition coefficient (Wildman–Crippen LogP) is 2.34. The minimum atomic E-state index is -0.389. The summed E-state index contributed by atoms with van der Waals surface area (Å²) in [6.45, 7) is 4.13.